The SMILES string of the molecule is CC1(C)c2cc(-c3ccc(-c4ccc(-c5ccc6c(c5)C(C)(C)c5cc(-c7cccc(-c8ccccc8)c7)ccc5-6)cc4)cc3)ccc2-c2ccc(-c3cccc(-c4ccccc4)c3)cc21. The Labute approximate surface area is 389 Å². The number of hydrogen-bond acceptors (Lipinski definition) is 0. The molecule has 10 aromatic rings. The number of hydrogen-bond donors (Lipinski definition) is 0. The highest BCUT2D eigenvalue weighted by Gasteiger charge is 2.37. The first-order valence-electron chi connectivity index (χ1n) is 23.3. The molecule has 2 aliphatic carbocycles. The summed E-state index contributed by atoms with van der Waals surface area (Å²) in [5.41, 5.74) is 28.1. The quantitative estimate of drug-likeness (QED) is 0.150. The van der Waals surface area contributed by atoms with Crippen LogP contribution in [-0.4, -0.2) is 0 Å². The summed E-state index contributed by atoms with van der Waals surface area (Å²) < 4.78 is 0. The Morgan fingerprint density at radius 3 is 0.682 bits per heavy atom. The zero-order valence-corrected chi connectivity index (χ0v) is 37.9. The second-order valence-electron chi connectivity index (χ2n) is 19.3. The molecule has 10 aromatic carbocycles. The van der Waals surface area contributed by atoms with Gasteiger partial charge in [0.05, 0.1) is 0 Å². The predicted octanol–water partition coefficient (Wildman–Crippen LogP) is 18.0. The lowest BCUT2D eigenvalue weighted by molar-refractivity contribution is 0.660. The molecule has 0 unspecified atom stereocenters. The van der Waals surface area contributed by atoms with Crippen LogP contribution in [0.4, 0.5) is 0 Å². The second kappa shape index (κ2) is 15.4. The van der Waals surface area contributed by atoms with E-state index in [-0.39, 0.29) is 10.8 Å². The normalized spacial score (nSPS) is 13.7. The van der Waals surface area contributed by atoms with Gasteiger partial charge in [-0.3, -0.25) is 0 Å². The molecule has 0 bridgehead atoms. The molecule has 0 aromatic heterocycles. The molecule has 2 aliphatic rings. The number of benzene rings is 10. The summed E-state index contributed by atoms with van der Waals surface area (Å²) in [7, 11) is 0. The van der Waals surface area contributed by atoms with Crippen LogP contribution in [0.25, 0.3) is 100 Å². The molecule has 0 spiro atoms. The van der Waals surface area contributed by atoms with Gasteiger partial charge in [-0.1, -0.05) is 222 Å². The summed E-state index contributed by atoms with van der Waals surface area (Å²) in [4.78, 5) is 0. The first-order valence-corrected chi connectivity index (χ1v) is 23.3. The van der Waals surface area contributed by atoms with Crippen molar-refractivity contribution in [2.24, 2.45) is 0 Å². The van der Waals surface area contributed by atoms with Crippen molar-refractivity contribution < 1.29 is 0 Å². The van der Waals surface area contributed by atoms with Crippen LogP contribution in [0.2, 0.25) is 0 Å². The van der Waals surface area contributed by atoms with Crippen LogP contribution in [0, 0.1) is 0 Å². The van der Waals surface area contributed by atoms with Crippen LogP contribution in [0.1, 0.15) is 49.9 Å². The van der Waals surface area contributed by atoms with Gasteiger partial charge >= 0.3 is 0 Å². The van der Waals surface area contributed by atoms with Crippen molar-refractivity contribution in [3.63, 3.8) is 0 Å². The first-order chi connectivity index (χ1) is 32.2. The fourth-order valence-corrected chi connectivity index (χ4v) is 10.9. The Morgan fingerprint density at radius 2 is 0.379 bits per heavy atom. The maximum atomic E-state index is 2.43. The summed E-state index contributed by atoms with van der Waals surface area (Å²) in [6, 6.07) is 85.6. The van der Waals surface area contributed by atoms with Gasteiger partial charge in [-0.15, -0.1) is 0 Å². The van der Waals surface area contributed by atoms with Crippen molar-refractivity contribution in [2.45, 2.75) is 38.5 Å². The highest BCUT2D eigenvalue weighted by Crippen LogP contribution is 2.52. The zero-order chi connectivity index (χ0) is 44.6. The summed E-state index contributed by atoms with van der Waals surface area (Å²) in [6.45, 7) is 9.52. The van der Waals surface area contributed by atoms with Gasteiger partial charge in [-0.2, -0.15) is 0 Å². The van der Waals surface area contributed by atoms with Crippen LogP contribution in [0.15, 0.2) is 231 Å². The fourth-order valence-electron chi connectivity index (χ4n) is 10.9. The molecule has 0 N–H and O–H groups in total. The number of fused-ring (bicyclic) bond motifs is 6. The van der Waals surface area contributed by atoms with Crippen molar-refractivity contribution in [3.8, 4) is 100 Å². The second-order valence-corrected chi connectivity index (χ2v) is 19.3. The van der Waals surface area contributed by atoms with Gasteiger partial charge in [0.2, 0.25) is 0 Å². The monoisotopic (exact) mass is 842 g/mol. The molecule has 0 saturated heterocycles. The Kier molecular flexibility index (Phi) is 9.30. The molecule has 0 fully saturated rings. The van der Waals surface area contributed by atoms with Gasteiger partial charge < -0.3 is 0 Å². The van der Waals surface area contributed by atoms with Gasteiger partial charge in [0, 0.05) is 10.8 Å². The Bertz CT molecular complexity index is 3240. The van der Waals surface area contributed by atoms with E-state index in [1.807, 2.05) is 0 Å². The lowest BCUT2D eigenvalue weighted by atomic mass is 9.80. The summed E-state index contributed by atoms with van der Waals surface area (Å²) >= 11 is 0. The summed E-state index contributed by atoms with van der Waals surface area (Å²) in [6.07, 6.45) is 0. The van der Waals surface area contributed by atoms with Crippen LogP contribution >= 0.6 is 0 Å². The topological polar surface area (TPSA) is 0 Å². The molecule has 0 nitrogen and oxygen atoms in total. The Hall–Kier alpha value is -7.80. The molecular formula is C66H50. The van der Waals surface area contributed by atoms with E-state index in [0.717, 1.165) is 0 Å². The standard InChI is InChI=1S/C66H50/c1-65(2)61-39-53(29-33-57(61)59-35-31-55(41-63(59)65)51-19-11-17-49(37-51)43-13-7-5-8-14-43)47-25-21-45(22-26-47)46-23-27-48(28-24-46)54-30-34-58-60-36-32-56(42-64(60)66(3,4)62(58)40-54)52-20-12-18-50(38-52)44-15-9-6-10-16-44/h5-42H,1-4H3. The minimum atomic E-state index is -0.117. The average molecular weight is 843 g/mol. The van der Waals surface area contributed by atoms with Crippen molar-refractivity contribution >= 4 is 0 Å². The van der Waals surface area contributed by atoms with Crippen LogP contribution in [0.5, 0.6) is 0 Å². The van der Waals surface area contributed by atoms with Crippen molar-refractivity contribution in [1.82, 2.24) is 0 Å². The third-order valence-corrected chi connectivity index (χ3v) is 14.7. The summed E-state index contributed by atoms with van der Waals surface area (Å²) in [5, 5.41) is 0. The van der Waals surface area contributed by atoms with Crippen LogP contribution < -0.4 is 0 Å². The van der Waals surface area contributed by atoms with E-state index in [4.69, 9.17) is 0 Å². The highest BCUT2D eigenvalue weighted by molar-refractivity contribution is 5.88. The van der Waals surface area contributed by atoms with Crippen molar-refractivity contribution in [1.29, 1.82) is 0 Å². The molecule has 0 saturated carbocycles. The molecule has 66 heavy (non-hydrogen) atoms. The van der Waals surface area contributed by atoms with E-state index in [2.05, 4.69) is 258 Å². The van der Waals surface area contributed by atoms with Gasteiger partial charge in [-0.05, 0) is 159 Å². The third kappa shape index (κ3) is 6.67. The smallest absolute Gasteiger partial charge is 0.0159 e. The molecule has 0 aliphatic heterocycles. The molecular weight excluding hydrogens is 793 g/mol. The van der Waals surface area contributed by atoms with Gasteiger partial charge in [-0.25, -0.2) is 0 Å². The molecule has 0 radical (unpaired) electrons. The van der Waals surface area contributed by atoms with Crippen LogP contribution in [-0.2, 0) is 10.8 Å². The van der Waals surface area contributed by atoms with Crippen LogP contribution in [0.3, 0.4) is 0 Å². The zero-order valence-electron chi connectivity index (χ0n) is 37.9. The molecule has 0 heteroatoms. The minimum absolute atomic E-state index is 0.117. The maximum Gasteiger partial charge on any atom is 0.0159 e. The highest BCUT2D eigenvalue weighted by atomic mass is 14.4. The predicted molar refractivity (Wildman–Crippen MR) is 280 cm³/mol. The molecule has 0 amide bonds. The lowest BCUT2D eigenvalue weighted by Crippen LogP contribution is -2.15. The Morgan fingerprint density at radius 1 is 0.182 bits per heavy atom. The number of rotatable bonds is 7. The van der Waals surface area contributed by atoms with E-state index in [0.29, 0.717) is 0 Å². The van der Waals surface area contributed by atoms with E-state index in [1.165, 1.54) is 122 Å². The average Bonchev–Trinajstić information content (AvgIpc) is 3.75. The van der Waals surface area contributed by atoms with Gasteiger partial charge in [0.25, 0.3) is 0 Å². The Balaban J connectivity index is 0.767. The molecule has 0 heterocycles. The summed E-state index contributed by atoms with van der Waals surface area (Å²) in [5.74, 6) is 0. The minimum Gasteiger partial charge on any atom is -0.0622 e. The molecule has 314 valence electrons. The van der Waals surface area contributed by atoms with Crippen molar-refractivity contribution in [2.75, 3.05) is 0 Å². The first kappa shape index (κ1) is 39.8. The van der Waals surface area contributed by atoms with Gasteiger partial charge in [0.15, 0.2) is 0 Å². The van der Waals surface area contributed by atoms with E-state index in [1.54, 1.807) is 0 Å². The fraction of sp³-hybridized carbons (Fsp3) is 0.0909. The maximum absolute atomic E-state index is 2.43. The van der Waals surface area contributed by atoms with Crippen molar-refractivity contribution in [3.05, 3.63) is 253 Å². The van der Waals surface area contributed by atoms with Gasteiger partial charge in [0.1, 0.15) is 0 Å². The lowest BCUT2D eigenvalue weighted by Gasteiger charge is -2.23. The van der Waals surface area contributed by atoms with E-state index in [9.17, 15) is 0 Å². The third-order valence-electron chi connectivity index (χ3n) is 14.7. The largest absolute Gasteiger partial charge is 0.0622 e. The van der Waals surface area contributed by atoms with E-state index >= 15 is 0 Å². The molecule has 12 rings (SSSR count). The molecule has 0 atom stereocenters. The van der Waals surface area contributed by atoms with E-state index < -0.39 is 0 Å².